The van der Waals surface area contributed by atoms with E-state index in [0.29, 0.717) is 12.1 Å². The molecule has 0 saturated heterocycles. The minimum Gasteiger partial charge on any atom is -0.335 e. The van der Waals surface area contributed by atoms with Crippen molar-refractivity contribution in [3.8, 4) is 0 Å². The standard InChI is InChI=1S/C15H21F2N3O2/c1-3-9-20(10-13(16)17)14(21)11(2)18-15(22)19-12-7-5-4-6-8-12/h4-8,11,13H,3,9-10H2,1-2H3,(H2,18,19,22)/t11-/m1/s1. The molecule has 0 aromatic heterocycles. The van der Waals surface area contributed by atoms with Gasteiger partial charge in [-0.1, -0.05) is 25.1 Å². The first-order valence-corrected chi connectivity index (χ1v) is 7.13. The smallest absolute Gasteiger partial charge is 0.319 e. The Morgan fingerprint density at radius 2 is 1.86 bits per heavy atom. The molecule has 0 aliphatic heterocycles. The second kappa shape index (κ2) is 8.96. The highest BCUT2D eigenvalue weighted by atomic mass is 19.3. The zero-order chi connectivity index (χ0) is 16.5. The van der Waals surface area contributed by atoms with Gasteiger partial charge in [-0.05, 0) is 25.5 Å². The fraction of sp³-hybridized carbons (Fsp3) is 0.467. The van der Waals surface area contributed by atoms with Crippen molar-refractivity contribution in [2.45, 2.75) is 32.7 Å². The monoisotopic (exact) mass is 313 g/mol. The molecule has 0 heterocycles. The zero-order valence-electron chi connectivity index (χ0n) is 12.7. The molecule has 1 atom stereocenters. The van der Waals surface area contributed by atoms with E-state index < -0.39 is 31.0 Å². The molecule has 0 aliphatic rings. The van der Waals surface area contributed by atoms with Crippen molar-refractivity contribution >= 4 is 17.6 Å². The molecule has 22 heavy (non-hydrogen) atoms. The van der Waals surface area contributed by atoms with Crippen LogP contribution in [-0.4, -0.2) is 42.4 Å². The molecule has 0 radical (unpaired) electrons. The molecular weight excluding hydrogens is 292 g/mol. The SMILES string of the molecule is CCCN(CC(F)F)C(=O)[C@@H](C)NC(=O)Nc1ccccc1. The number of nitrogens with one attached hydrogen (secondary N) is 2. The predicted octanol–water partition coefficient (Wildman–Crippen LogP) is 2.70. The van der Waals surface area contributed by atoms with E-state index in [1.54, 1.807) is 31.2 Å². The van der Waals surface area contributed by atoms with Gasteiger partial charge in [-0.15, -0.1) is 0 Å². The molecule has 2 N–H and O–H groups in total. The summed E-state index contributed by atoms with van der Waals surface area (Å²) in [5.74, 6) is -0.523. The van der Waals surface area contributed by atoms with Gasteiger partial charge < -0.3 is 15.5 Å². The van der Waals surface area contributed by atoms with Gasteiger partial charge in [0.15, 0.2) is 0 Å². The normalized spacial score (nSPS) is 11.9. The Labute approximate surface area is 128 Å². The van der Waals surface area contributed by atoms with Crippen LogP contribution < -0.4 is 10.6 Å². The van der Waals surface area contributed by atoms with E-state index in [1.807, 2.05) is 6.07 Å². The number of carbonyl (C=O) groups is 2. The number of amides is 3. The van der Waals surface area contributed by atoms with Crippen LogP contribution in [0.3, 0.4) is 0 Å². The number of alkyl halides is 2. The average molecular weight is 313 g/mol. The van der Waals surface area contributed by atoms with Crippen LogP contribution in [0.4, 0.5) is 19.3 Å². The van der Waals surface area contributed by atoms with E-state index in [9.17, 15) is 18.4 Å². The Morgan fingerprint density at radius 1 is 1.23 bits per heavy atom. The number of hydrogen-bond acceptors (Lipinski definition) is 2. The van der Waals surface area contributed by atoms with Crippen LogP contribution >= 0.6 is 0 Å². The topological polar surface area (TPSA) is 61.4 Å². The maximum absolute atomic E-state index is 12.5. The Hall–Kier alpha value is -2.18. The summed E-state index contributed by atoms with van der Waals surface area (Å²) in [7, 11) is 0. The van der Waals surface area contributed by atoms with E-state index in [4.69, 9.17) is 0 Å². The summed E-state index contributed by atoms with van der Waals surface area (Å²) >= 11 is 0. The quantitative estimate of drug-likeness (QED) is 0.813. The summed E-state index contributed by atoms with van der Waals surface area (Å²) < 4.78 is 25.0. The van der Waals surface area contributed by atoms with Crippen LogP contribution in [0.25, 0.3) is 0 Å². The summed E-state index contributed by atoms with van der Waals surface area (Å²) in [5, 5.41) is 5.02. The van der Waals surface area contributed by atoms with Crippen molar-refractivity contribution in [2.24, 2.45) is 0 Å². The highest BCUT2D eigenvalue weighted by Crippen LogP contribution is 2.06. The number of benzene rings is 1. The Morgan fingerprint density at radius 3 is 2.41 bits per heavy atom. The van der Waals surface area contributed by atoms with Crippen molar-refractivity contribution < 1.29 is 18.4 Å². The number of para-hydroxylation sites is 1. The lowest BCUT2D eigenvalue weighted by Gasteiger charge is -2.25. The molecule has 1 aromatic rings. The lowest BCUT2D eigenvalue weighted by atomic mass is 10.2. The number of halogens is 2. The Kier molecular flexibility index (Phi) is 7.28. The summed E-state index contributed by atoms with van der Waals surface area (Å²) in [4.78, 5) is 25.0. The largest absolute Gasteiger partial charge is 0.335 e. The Balaban J connectivity index is 2.56. The molecule has 0 bridgehead atoms. The first-order chi connectivity index (χ1) is 10.4. The fourth-order valence-corrected chi connectivity index (χ4v) is 1.95. The van der Waals surface area contributed by atoms with Gasteiger partial charge in [0.25, 0.3) is 6.43 Å². The fourth-order valence-electron chi connectivity index (χ4n) is 1.95. The van der Waals surface area contributed by atoms with Crippen LogP contribution in [0.15, 0.2) is 30.3 Å². The van der Waals surface area contributed by atoms with Gasteiger partial charge >= 0.3 is 6.03 Å². The number of anilines is 1. The molecule has 5 nitrogen and oxygen atoms in total. The van der Waals surface area contributed by atoms with Gasteiger partial charge in [0.2, 0.25) is 5.91 Å². The van der Waals surface area contributed by atoms with E-state index in [-0.39, 0.29) is 6.54 Å². The molecule has 0 aliphatic carbocycles. The first-order valence-electron chi connectivity index (χ1n) is 7.13. The van der Waals surface area contributed by atoms with Gasteiger partial charge in [0, 0.05) is 12.2 Å². The summed E-state index contributed by atoms with van der Waals surface area (Å²) in [6.45, 7) is 2.88. The molecule has 0 spiro atoms. The molecule has 3 amide bonds. The highest BCUT2D eigenvalue weighted by molar-refractivity contribution is 5.93. The summed E-state index contributed by atoms with van der Waals surface area (Å²) in [5.41, 5.74) is 0.581. The van der Waals surface area contributed by atoms with Crippen LogP contribution in [0.5, 0.6) is 0 Å². The van der Waals surface area contributed by atoms with E-state index >= 15 is 0 Å². The average Bonchev–Trinajstić information content (AvgIpc) is 2.46. The van der Waals surface area contributed by atoms with Crippen molar-refractivity contribution in [1.82, 2.24) is 10.2 Å². The molecule has 0 saturated carbocycles. The number of nitrogens with zero attached hydrogens (tertiary/aromatic N) is 1. The summed E-state index contributed by atoms with van der Waals surface area (Å²) in [6, 6.07) is 7.29. The third-order valence-electron chi connectivity index (χ3n) is 2.91. The lowest BCUT2D eigenvalue weighted by molar-refractivity contribution is -0.134. The predicted molar refractivity (Wildman–Crippen MR) is 80.9 cm³/mol. The molecule has 1 aromatic carbocycles. The lowest BCUT2D eigenvalue weighted by Crippen LogP contribution is -2.49. The maximum atomic E-state index is 12.5. The second-order valence-corrected chi connectivity index (χ2v) is 4.86. The zero-order valence-corrected chi connectivity index (χ0v) is 12.7. The van der Waals surface area contributed by atoms with E-state index in [0.717, 1.165) is 4.90 Å². The Bertz CT molecular complexity index is 483. The molecule has 122 valence electrons. The molecule has 0 fully saturated rings. The third kappa shape index (κ3) is 6.07. The van der Waals surface area contributed by atoms with E-state index in [1.165, 1.54) is 6.92 Å². The molecule has 0 unspecified atom stereocenters. The minimum atomic E-state index is -2.60. The van der Waals surface area contributed by atoms with E-state index in [2.05, 4.69) is 10.6 Å². The van der Waals surface area contributed by atoms with Crippen molar-refractivity contribution in [3.63, 3.8) is 0 Å². The number of rotatable bonds is 7. The van der Waals surface area contributed by atoms with Crippen LogP contribution in [0.1, 0.15) is 20.3 Å². The maximum Gasteiger partial charge on any atom is 0.319 e. The van der Waals surface area contributed by atoms with Crippen molar-refractivity contribution in [2.75, 3.05) is 18.4 Å². The third-order valence-corrected chi connectivity index (χ3v) is 2.91. The van der Waals surface area contributed by atoms with Crippen LogP contribution in [0, 0.1) is 0 Å². The van der Waals surface area contributed by atoms with Crippen LogP contribution in [-0.2, 0) is 4.79 Å². The van der Waals surface area contributed by atoms with Crippen molar-refractivity contribution in [3.05, 3.63) is 30.3 Å². The minimum absolute atomic E-state index is 0.232. The van der Waals surface area contributed by atoms with Gasteiger partial charge in [-0.2, -0.15) is 0 Å². The number of carbonyl (C=O) groups excluding carboxylic acids is 2. The van der Waals surface area contributed by atoms with Gasteiger partial charge in [-0.25, -0.2) is 13.6 Å². The number of hydrogen-bond donors (Lipinski definition) is 2. The second-order valence-electron chi connectivity index (χ2n) is 4.86. The van der Waals surface area contributed by atoms with Crippen LogP contribution in [0.2, 0.25) is 0 Å². The molecule has 7 heteroatoms. The summed E-state index contributed by atoms with van der Waals surface area (Å²) in [6.07, 6.45) is -2.03. The molecule has 1 rings (SSSR count). The van der Waals surface area contributed by atoms with Crippen molar-refractivity contribution in [1.29, 1.82) is 0 Å². The first kappa shape index (κ1) is 17.9. The van der Waals surface area contributed by atoms with Gasteiger partial charge in [-0.3, -0.25) is 4.79 Å². The highest BCUT2D eigenvalue weighted by Gasteiger charge is 2.23. The van der Waals surface area contributed by atoms with Gasteiger partial charge in [0.05, 0.1) is 6.54 Å². The molecular formula is C15H21F2N3O2. The number of urea groups is 1. The van der Waals surface area contributed by atoms with Gasteiger partial charge in [0.1, 0.15) is 6.04 Å².